The SMILES string of the molecule is CC(C)NC=O.CCC1CCC(c2cc(Nc3ccc(Cl)c4c3CCS4)n[nH]2)C1. The minimum absolute atomic E-state index is 0.280. The molecule has 0 bridgehead atoms. The summed E-state index contributed by atoms with van der Waals surface area (Å²) in [5.74, 6) is 3.56. The summed E-state index contributed by atoms with van der Waals surface area (Å²) >= 11 is 8.14. The third-order valence-corrected chi connectivity index (χ3v) is 7.22. The normalized spacial score (nSPS) is 20.2. The zero-order chi connectivity index (χ0) is 20.8. The third kappa shape index (κ3) is 5.70. The van der Waals surface area contributed by atoms with Crippen molar-refractivity contribution in [3.63, 3.8) is 0 Å². The average Bonchev–Trinajstić information content (AvgIpc) is 3.44. The van der Waals surface area contributed by atoms with E-state index in [0.29, 0.717) is 12.3 Å². The molecule has 0 radical (unpaired) electrons. The van der Waals surface area contributed by atoms with Crippen LogP contribution in [0.5, 0.6) is 0 Å². The second-order valence-corrected chi connectivity index (χ2v) is 9.57. The summed E-state index contributed by atoms with van der Waals surface area (Å²) in [6.45, 7) is 6.12. The molecule has 1 aromatic carbocycles. The molecule has 158 valence electrons. The predicted molar refractivity (Wildman–Crippen MR) is 122 cm³/mol. The number of thioether (sulfide) groups is 1. The molecular weight excluding hydrogens is 404 g/mol. The molecule has 1 amide bonds. The standard InChI is InChI=1S/C18H22ClN3S.C4H9NO/c1-2-11-3-4-12(9-11)16-10-17(22-21-16)20-15-6-5-14(19)18-13(15)7-8-23-18;1-4(2)5-3-6/h5-6,10-12H,2-4,7-9H2,1H3,(H2,20,21,22);3-4H,1-2H3,(H,5,6). The molecule has 1 aliphatic carbocycles. The van der Waals surface area contributed by atoms with Crippen LogP contribution in [0.15, 0.2) is 23.1 Å². The van der Waals surface area contributed by atoms with Gasteiger partial charge in [0.25, 0.3) is 0 Å². The first kappa shape index (κ1) is 22.0. The second-order valence-electron chi connectivity index (χ2n) is 8.06. The number of carbonyl (C=O) groups excluding carboxylic acids is 1. The van der Waals surface area contributed by atoms with E-state index < -0.39 is 0 Å². The van der Waals surface area contributed by atoms with Gasteiger partial charge in [0.15, 0.2) is 5.82 Å². The van der Waals surface area contributed by atoms with Crippen molar-refractivity contribution >= 4 is 41.3 Å². The second kappa shape index (κ2) is 10.4. The van der Waals surface area contributed by atoms with Crippen molar-refractivity contribution in [1.82, 2.24) is 15.5 Å². The molecule has 2 aromatic rings. The number of carbonyl (C=O) groups is 1. The minimum Gasteiger partial charge on any atom is -0.357 e. The Balaban J connectivity index is 0.000000353. The Morgan fingerprint density at radius 2 is 2.21 bits per heavy atom. The van der Waals surface area contributed by atoms with Gasteiger partial charge in [-0.25, -0.2) is 0 Å². The molecule has 4 rings (SSSR count). The Morgan fingerprint density at radius 1 is 1.38 bits per heavy atom. The fourth-order valence-corrected chi connectivity index (χ4v) is 5.43. The summed E-state index contributed by atoms with van der Waals surface area (Å²) in [6, 6.07) is 6.52. The Morgan fingerprint density at radius 3 is 2.86 bits per heavy atom. The Kier molecular flexibility index (Phi) is 7.90. The zero-order valence-electron chi connectivity index (χ0n) is 17.4. The first-order valence-electron chi connectivity index (χ1n) is 10.5. The Bertz CT molecular complexity index is 823. The maximum absolute atomic E-state index is 9.50. The first-order valence-corrected chi connectivity index (χ1v) is 11.8. The number of benzene rings is 1. The summed E-state index contributed by atoms with van der Waals surface area (Å²) in [5.41, 5.74) is 3.76. The highest BCUT2D eigenvalue weighted by atomic mass is 35.5. The van der Waals surface area contributed by atoms with Crippen molar-refractivity contribution in [3.8, 4) is 0 Å². The molecule has 2 unspecified atom stereocenters. The van der Waals surface area contributed by atoms with Gasteiger partial charge in [0.1, 0.15) is 0 Å². The van der Waals surface area contributed by atoms with Crippen molar-refractivity contribution in [2.45, 2.75) is 69.7 Å². The molecular formula is C22H31ClN4OS. The maximum Gasteiger partial charge on any atom is 0.207 e. The molecule has 1 aromatic heterocycles. The van der Waals surface area contributed by atoms with Crippen LogP contribution < -0.4 is 10.6 Å². The van der Waals surface area contributed by atoms with Gasteiger partial charge in [-0.2, -0.15) is 5.10 Å². The van der Waals surface area contributed by atoms with Crippen LogP contribution in [-0.4, -0.2) is 28.4 Å². The maximum atomic E-state index is 9.50. The van der Waals surface area contributed by atoms with Gasteiger partial charge in [0.05, 0.1) is 5.02 Å². The number of amides is 1. The van der Waals surface area contributed by atoms with Gasteiger partial charge >= 0.3 is 0 Å². The van der Waals surface area contributed by atoms with E-state index in [0.717, 1.165) is 34.6 Å². The lowest BCUT2D eigenvalue weighted by Gasteiger charge is -2.10. The molecule has 7 heteroatoms. The number of nitrogens with zero attached hydrogens (tertiary/aromatic N) is 1. The van der Waals surface area contributed by atoms with Crippen molar-refractivity contribution in [2.75, 3.05) is 11.1 Å². The van der Waals surface area contributed by atoms with Crippen molar-refractivity contribution < 1.29 is 4.79 Å². The van der Waals surface area contributed by atoms with Crippen molar-refractivity contribution in [2.24, 2.45) is 5.92 Å². The molecule has 1 fully saturated rings. The highest BCUT2D eigenvalue weighted by Crippen LogP contribution is 2.42. The van der Waals surface area contributed by atoms with Gasteiger partial charge in [-0.3, -0.25) is 9.89 Å². The lowest BCUT2D eigenvalue weighted by atomic mass is 10.0. The van der Waals surface area contributed by atoms with E-state index >= 15 is 0 Å². The lowest BCUT2D eigenvalue weighted by Crippen LogP contribution is -2.19. The van der Waals surface area contributed by atoms with Crippen LogP contribution in [0.25, 0.3) is 0 Å². The van der Waals surface area contributed by atoms with Gasteiger partial charge in [0.2, 0.25) is 6.41 Å². The number of halogens is 1. The van der Waals surface area contributed by atoms with Gasteiger partial charge in [-0.15, -0.1) is 11.8 Å². The van der Waals surface area contributed by atoms with Crippen LogP contribution in [0.4, 0.5) is 11.5 Å². The lowest BCUT2D eigenvalue weighted by molar-refractivity contribution is -0.109. The van der Waals surface area contributed by atoms with E-state index in [9.17, 15) is 4.79 Å². The molecule has 2 atom stereocenters. The Hall–Kier alpha value is -1.66. The first-order chi connectivity index (χ1) is 14.0. The van der Waals surface area contributed by atoms with E-state index in [1.165, 1.54) is 41.8 Å². The molecule has 1 aliphatic heterocycles. The number of aromatic nitrogens is 2. The average molecular weight is 435 g/mol. The fourth-order valence-electron chi connectivity index (χ4n) is 3.99. The quantitative estimate of drug-likeness (QED) is 0.496. The summed E-state index contributed by atoms with van der Waals surface area (Å²) < 4.78 is 0. The molecule has 2 aliphatic rings. The van der Waals surface area contributed by atoms with Crippen LogP contribution >= 0.6 is 23.4 Å². The number of hydrogen-bond donors (Lipinski definition) is 3. The molecule has 3 N–H and O–H groups in total. The van der Waals surface area contributed by atoms with E-state index in [-0.39, 0.29) is 6.04 Å². The van der Waals surface area contributed by atoms with E-state index in [1.807, 2.05) is 31.7 Å². The van der Waals surface area contributed by atoms with Gasteiger partial charge in [-0.05, 0) is 63.1 Å². The molecule has 1 saturated carbocycles. The van der Waals surface area contributed by atoms with E-state index in [4.69, 9.17) is 11.6 Å². The van der Waals surface area contributed by atoms with Gasteiger partial charge in [-0.1, -0.05) is 24.9 Å². The molecule has 29 heavy (non-hydrogen) atoms. The van der Waals surface area contributed by atoms with Crippen molar-refractivity contribution in [3.05, 3.63) is 34.5 Å². The van der Waals surface area contributed by atoms with E-state index in [2.05, 4.69) is 39.9 Å². The van der Waals surface area contributed by atoms with Crippen LogP contribution in [-0.2, 0) is 11.2 Å². The zero-order valence-corrected chi connectivity index (χ0v) is 19.0. The summed E-state index contributed by atoms with van der Waals surface area (Å²) in [7, 11) is 0. The molecule has 2 heterocycles. The molecule has 0 spiro atoms. The van der Waals surface area contributed by atoms with Crippen LogP contribution in [0.1, 0.15) is 63.6 Å². The number of hydrogen-bond acceptors (Lipinski definition) is 4. The number of nitrogens with one attached hydrogen (secondary N) is 3. The predicted octanol–water partition coefficient (Wildman–Crippen LogP) is 5.89. The van der Waals surface area contributed by atoms with E-state index in [1.54, 1.807) is 0 Å². The summed E-state index contributed by atoms with van der Waals surface area (Å²) in [5, 5.41) is 14.6. The topological polar surface area (TPSA) is 69.8 Å². The molecule has 0 saturated heterocycles. The van der Waals surface area contributed by atoms with Gasteiger partial charge in [0, 0.05) is 40.1 Å². The van der Waals surface area contributed by atoms with Crippen molar-refractivity contribution in [1.29, 1.82) is 0 Å². The number of H-pyrrole nitrogens is 1. The Labute approximate surface area is 182 Å². The van der Waals surface area contributed by atoms with Gasteiger partial charge < -0.3 is 10.6 Å². The highest BCUT2D eigenvalue weighted by Gasteiger charge is 2.26. The van der Waals surface area contributed by atoms with Crippen LogP contribution in [0.3, 0.4) is 0 Å². The van der Waals surface area contributed by atoms with Crippen LogP contribution in [0.2, 0.25) is 5.02 Å². The third-order valence-electron chi connectivity index (χ3n) is 5.63. The summed E-state index contributed by atoms with van der Waals surface area (Å²) in [4.78, 5) is 10.7. The highest BCUT2D eigenvalue weighted by molar-refractivity contribution is 7.99. The fraction of sp³-hybridized carbons (Fsp3) is 0.545. The number of anilines is 2. The summed E-state index contributed by atoms with van der Waals surface area (Å²) in [6.07, 6.45) is 7.00. The smallest absolute Gasteiger partial charge is 0.207 e. The number of fused-ring (bicyclic) bond motifs is 1. The number of rotatable bonds is 6. The monoisotopic (exact) mass is 434 g/mol. The largest absolute Gasteiger partial charge is 0.357 e. The number of aromatic amines is 1. The van der Waals surface area contributed by atoms with Crippen LogP contribution in [0, 0.1) is 5.92 Å². The minimum atomic E-state index is 0.280. The molecule has 5 nitrogen and oxygen atoms in total.